The summed E-state index contributed by atoms with van der Waals surface area (Å²) in [6.07, 6.45) is 4.84. The Labute approximate surface area is 246 Å². The van der Waals surface area contributed by atoms with Crippen LogP contribution in [0.15, 0.2) is 72.8 Å². The van der Waals surface area contributed by atoms with Crippen molar-refractivity contribution in [2.45, 2.75) is 58.5 Å². The Hall–Kier alpha value is -3.70. The Kier molecular flexibility index (Phi) is 6.50. The topological polar surface area (TPSA) is 66.5 Å². The molecule has 0 saturated carbocycles. The van der Waals surface area contributed by atoms with Crippen LogP contribution in [-0.4, -0.2) is 29.6 Å². The van der Waals surface area contributed by atoms with Crippen LogP contribution in [0.25, 0.3) is 6.08 Å². The largest absolute Gasteiger partial charge is 0.352 e. The molecule has 3 heterocycles. The number of halogens is 1. The van der Waals surface area contributed by atoms with Crippen LogP contribution in [0.2, 0.25) is 5.02 Å². The van der Waals surface area contributed by atoms with Gasteiger partial charge in [-0.25, -0.2) is 0 Å². The number of amides is 1. The maximum absolute atomic E-state index is 14.8. The fraction of sp³-hybridized carbons (Fsp3) is 0.343. The lowest BCUT2D eigenvalue weighted by Crippen LogP contribution is -2.51. The standard InChI is InChI=1S/C35H35ClN2O3/c1-20(2)18-21-10-12-22(13-11-21)31(39)29-30(32(40)34(3,4)5)38-27-16-15-24(36)19-23(27)14-17-28(38)35(29)25-8-6-7-9-26(25)37-33(35)41/h6-17,19-20,28-30H,18H2,1-5H3,(H,37,41)/t28-,29+,30-,35+/m1/s1. The third-order valence-electron chi connectivity index (χ3n) is 8.77. The predicted molar refractivity (Wildman–Crippen MR) is 165 cm³/mol. The molecule has 1 amide bonds. The van der Waals surface area contributed by atoms with E-state index < -0.39 is 28.8 Å². The SMILES string of the molecule is CC(C)Cc1ccc(C(=O)[C@@H]2[C@H](C(=O)C(C)(C)C)N3c4ccc(Cl)cc4C=C[C@@H]3[C@]23C(=O)Nc2ccccc23)cc1. The highest BCUT2D eigenvalue weighted by atomic mass is 35.5. The molecule has 0 aliphatic carbocycles. The van der Waals surface area contributed by atoms with Gasteiger partial charge in [0.05, 0.1) is 12.0 Å². The van der Waals surface area contributed by atoms with E-state index in [9.17, 15) is 14.4 Å². The minimum Gasteiger partial charge on any atom is -0.352 e. The van der Waals surface area contributed by atoms with Crippen LogP contribution in [-0.2, 0) is 21.4 Å². The third-order valence-corrected chi connectivity index (χ3v) is 9.00. The van der Waals surface area contributed by atoms with E-state index in [0.717, 1.165) is 28.8 Å². The molecule has 5 nitrogen and oxygen atoms in total. The highest BCUT2D eigenvalue weighted by Gasteiger charge is 2.70. The van der Waals surface area contributed by atoms with E-state index in [0.29, 0.717) is 22.2 Å². The summed E-state index contributed by atoms with van der Waals surface area (Å²) < 4.78 is 0. The first-order valence-electron chi connectivity index (χ1n) is 14.3. The van der Waals surface area contributed by atoms with Crippen molar-refractivity contribution >= 4 is 46.5 Å². The van der Waals surface area contributed by atoms with Crippen molar-refractivity contribution in [2.24, 2.45) is 17.3 Å². The number of hydrogen-bond acceptors (Lipinski definition) is 4. The summed E-state index contributed by atoms with van der Waals surface area (Å²) in [5.41, 5.74) is 2.67. The molecule has 1 spiro atoms. The average molecular weight is 567 g/mol. The van der Waals surface area contributed by atoms with Crippen LogP contribution in [0.1, 0.15) is 61.7 Å². The van der Waals surface area contributed by atoms with E-state index in [-0.39, 0.29) is 17.5 Å². The molecule has 6 heteroatoms. The van der Waals surface area contributed by atoms with Crippen LogP contribution < -0.4 is 10.2 Å². The number of anilines is 2. The Morgan fingerprint density at radius 3 is 2.41 bits per heavy atom. The lowest BCUT2D eigenvalue weighted by molar-refractivity contribution is -0.128. The number of para-hydroxylation sites is 1. The summed E-state index contributed by atoms with van der Waals surface area (Å²) in [6, 6.07) is 19.4. The fourth-order valence-electron chi connectivity index (χ4n) is 7.05. The summed E-state index contributed by atoms with van der Waals surface area (Å²) >= 11 is 6.37. The van der Waals surface area contributed by atoms with E-state index in [1.807, 2.05) is 98.5 Å². The normalized spacial score (nSPS) is 24.3. The highest BCUT2D eigenvalue weighted by molar-refractivity contribution is 6.31. The first kappa shape index (κ1) is 27.5. The number of fused-ring (bicyclic) bond motifs is 6. The number of nitrogens with one attached hydrogen (secondary N) is 1. The van der Waals surface area contributed by atoms with E-state index in [1.165, 1.54) is 0 Å². The Bertz CT molecular complexity index is 1600. The van der Waals surface area contributed by atoms with Gasteiger partial charge >= 0.3 is 0 Å². The maximum Gasteiger partial charge on any atom is 0.238 e. The summed E-state index contributed by atoms with van der Waals surface area (Å²) in [6.45, 7) is 9.96. The molecule has 0 bridgehead atoms. The molecule has 3 aliphatic rings. The molecule has 6 rings (SSSR count). The van der Waals surface area contributed by atoms with E-state index in [1.54, 1.807) is 6.07 Å². The molecule has 0 aromatic heterocycles. The van der Waals surface area contributed by atoms with Gasteiger partial charge in [0, 0.05) is 27.4 Å². The molecule has 3 aromatic carbocycles. The molecule has 3 aromatic rings. The van der Waals surface area contributed by atoms with Crippen molar-refractivity contribution in [3.05, 3.63) is 100 Å². The van der Waals surface area contributed by atoms with Gasteiger partial charge in [-0.1, -0.05) is 101 Å². The summed E-state index contributed by atoms with van der Waals surface area (Å²) in [7, 11) is 0. The van der Waals surface area contributed by atoms with Crippen LogP contribution in [0, 0.1) is 17.3 Å². The van der Waals surface area contributed by atoms with Gasteiger partial charge in [0.1, 0.15) is 11.5 Å². The Balaban J connectivity index is 1.62. The monoisotopic (exact) mass is 566 g/mol. The molecule has 41 heavy (non-hydrogen) atoms. The van der Waals surface area contributed by atoms with Crippen LogP contribution >= 0.6 is 11.6 Å². The van der Waals surface area contributed by atoms with Crippen molar-refractivity contribution in [1.29, 1.82) is 0 Å². The van der Waals surface area contributed by atoms with Gasteiger partial charge in [0.25, 0.3) is 0 Å². The van der Waals surface area contributed by atoms with Gasteiger partial charge in [-0.3, -0.25) is 14.4 Å². The molecule has 1 N–H and O–H groups in total. The smallest absolute Gasteiger partial charge is 0.238 e. The minimum atomic E-state index is -1.30. The van der Waals surface area contributed by atoms with Crippen LogP contribution in [0.5, 0.6) is 0 Å². The number of carbonyl (C=O) groups excluding carboxylic acids is 3. The number of Topliss-reactive ketones (excluding diaryl/α,β-unsaturated/α-hetero) is 2. The second-order valence-corrected chi connectivity index (χ2v) is 13.4. The molecule has 4 atom stereocenters. The average Bonchev–Trinajstić information content (AvgIpc) is 3.39. The van der Waals surface area contributed by atoms with Crippen LogP contribution in [0.3, 0.4) is 0 Å². The molecule has 0 radical (unpaired) electrons. The number of hydrogen-bond donors (Lipinski definition) is 1. The van der Waals surface area contributed by atoms with Crippen molar-refractivity contribution < 1.29 is 14.4 Å². The zero-order chi connectivity index (χ0) is 29.3. The van der Waals surface area contributed by atoms with E-state index in [2.05, 4.69) is 19.2 Å². The van der Waals surface area contributed by atoms with Crippen molar-refractivity contribution in [2.75, 3.05) is 10.2 Å². The van der Waals surface area contributed by atoms with Crippen molar-refractivity contribution in [3.8, 4) is 0 Å². The summed E-state index contributed by atoms with van der Waals surface area (Å²) in [5.74, 6) is -1.00. The molecular weight excluding hydrogens is 532 g/mol. The summed E-state index contributed by atoms with van der Waals surface area (Å²) in [5, 5.41) is 3.66. The second-order valence-electron chi connectivity index (χ2n) is 13.0. The quantitative estimate of drug-likeness (QED) is 0.334. The zero-order valence-corrected chi connectivity index (χ0v) is 24.8. The third kappa shape index (κ3) is 4.16. The molecule has 0 unspecified atom stereocenters. The van der Waals surface area contributed by atoms with E-state index in [4.69, 9.17) is 11.6 Å². The first-order chi connectivity index (χ1) is 19.4. The number of ketones is 2. The first-order valence-corrected chi connectivity index (χ1v) is 14.7. The fourth-order valence-corrected chi connectivity index (χ4v) is 7.23. The van der Waals surface area contributed by atoms with E-state index >= 15 is 0 Å². The molecule has 210 valence electrons. The number of nitrogens with zero attached hydrogens (tertiary/aromatic N) is 1. The Morgan fingerprint density at radius 2 is 1.73 bits per heavy atom. The highest BCUT2D eigenvalue weighted by Crippen LogP contribution is 2.58. The molecular formula is C35H35ClN2O3. The minimum absolute atomic E-state index is 0.0810. The summed E-state index contributed by atoms with van der Waals surface area (Å²) in [4.78, 5) is 45.7. The molecule has 3 aliphatic heterocycles. The van der Waals surface area contributed by atoms with Gasteiger partial charge in [-0.2, -0.15) is 0 Å². The van der Waals surface area contributed by atoms with Gasteiger partial charge in [0.15, 0.2) is 11.6 Å². The molecule has 1 fully saturated rings. The van der Waals surface area contributed by atoms with Gasteiger partial charge in [-0.05, 0) is 53.3 Å². The second kappa shape index (κ2) is 9.70. The Morgan fingerprint density at radius 1 is 1.02 bits per heavy atom. The maximum atomic E-state index is 14.8. The lowest BCUT2D eigenvalue weighted by atomic mass is 9.63. The van der Waals surface area contributed by atoms with Crippen LogP contribution in [0.4, 0.5) is 11.4 Å². The van der Waals surface area contributed by atoms with Gasteiger partial charge in [-0.15, -0.1) is 0 Å². The number of rotatable bonds is 5. The number of carbonyl (C=O) groups is 3. The predicted octanol–water partition coefficient (Wildman–Crippen LogP) is 7.13. The lowest BCUT2D eigenvalue weighted by Gasteiger charge is -2.38. The zero-order valence-electron chi connectivity index (χ0n) is 24.1. The van der Waals surface area contributed by atoms with Gasteiger partial charge in [0.2, 0.25) is 5.91 Å². The number of benzene rings is 3. The van der Waals surface area contributed by atoms with Gasteiger partial charge < -0.3 is 10.2 Å². The van der Waals surface area contributed by atoms with Crippen molar-refractivity contribution in [1.82, 2.24) is 0 Å². The molecule has 1 saturated heterocycles. The van der Waals surface area contributed by atoms with Crippen molar-refractivity contribution in [3.63, 3.8) is 0 Å².